The summed E-state index contributed by atoms with van der Waals surface area (Å²) in [7, 11) is 14.9. The van der Waals surface area contributed by atoms with Gasteiger partial charge in [0.15, 0.2) is 0 Å². The average Bonchev–Trinajstić information content (AvgIpc) is 2.58. The van der Waals surface area contributed by atoms with Gasteiger partial charge in [0.2, 0.25) is 0 Å². The Balaban J connectivity index is 0.000000314. The first-order chi connectivity index (χ1) is 11.9. The van der Waals surface area contributed by atoms with Crippen molar-refractivity contribution < 1.29 is 13.5 Å². The van der Waals surface area contributed by atoms with Crippen molar-refractivity contribution >= 4 is 28.8 Å². The maximum absolute atomic E-state index is 4.97. The van der Waals surface area contributed by atoms with E-state index in [0.29, 0.717) is 0 Å². The summed E-state index contributed by atoms with van der Waals surface area (Å²) in [5.74, 6) is 0. The van der Waals surface area contributed by atoms with Gasteiger partial charge in [-0.25, -0.2) is 0 Å². The van der Waals surface area contributed by atoms with E-state index >= 15 is 0 Å². The summed E-state index contributed by atoms with van der Waals surface area (Å²) < 4.78 is 0. The van der Waals surface area contributed by atoms with Crippen molar-refractivity contribution in [1.29, 1.82) is 0 Å². The van der Waals surface area contributed by atoms with E-state index in [1.54, 1.807) is 37.2 Å². The third-order valence-corrected chi connectivity index (χ3v) is 2.54. The van der Waals surface area contributed by atoms with Crippen LogP contribution in [0.4, 0.5) is 0 Å². The van der Waals surface area contributed by atoms with Gasteiger partial charge >= 0.3 is 42.2 Å². The molecule has 0 saturated heterocycles. The molecule has 0 spiro atoms. The van der Waals surface area contributed by atoms with E-state index in [4.69, 9.17) is 28.8 Å². The first kappa shape index (κ1) is 24.0. The van der Waals surface area contributed by atoms with Crippen LogP contribution in [0.15, 0.2) is 73.6 Å². The first-order valence-corrected chi connectivity index (χ1v) is 16.1. The molecule has 3 aromatic rings. The van der Waals surface area contributed by atoms with Crippen LogP contribution in [0.25, 0.3) is 0 Å². The number of halogens is 3. The Hall–Kier alpha value is -1.03. The first-order valence-electron chi connectivity index (χ1n) is 7.16. The Labute approximate surface area is 167 Å². The van der Waals surface area contributed by atoms with Crippen molar-refractivity contribution in [2.45, 2.75) is 20.8 Å². The molecule has 7 heteroatoms. The normalized spacial score (nSPS) is 9.12. The van der Waals surface area contributed by atoms with Gasteiger partial charge in [0.1, 0.15) is 0 Å². The molecule has 0 fully saturated rings. The summed E-state index contributed by atoms with van der Waals surface area (Å²) in [5.41, 5.74) is 3.78. The zero-order chi connectivity index (χ0) is 18.9. The van der Waals surface area contributed by atoms with Gasteiger partial charge in [0.05, 0.1) is 0 Å². The van der Waals surface area contributed by atoms with Gasteiger partial charge in [-0.05, 0) is 73.9 Å². The maximum atomic E-state index is 4.97. The molecule has 0 aliphatic heterocycles. The van der Waals surface area contributed by atoms with Crippen LogP contribution in [0.2, 0.25) is 0 Å². The number of nitrogens with zero attached hydrogens (tertiary/aromatic N) is 3. The minimum absolute atomic E-state index is 1.26. The Bertz CT molecular complexity index is 550. The molecule has 0 aliphatic rings. The third kappa shape index (κ3) is 19.1. The fourth-order valence-electron chi connectivity index (χ4n) is 1.28. The third-order valence-electron chi connectivity index (χ3n) is 2.54. The molecule has 3 heterocycles. The number of aromatic nitrogens is 3. The van der Waals surface area contributed by atoms with Crippen molar-refractivity contribution in [3.05, 3.63) is 90.3 Å². The molecule has 0 amide bonds. The van der Waals surface area contributed by atoms with Crippen LogP contribution < -0.4 is 0 Å². The Morgan fingerprint density at radius 3 is 0.760 bits per heavy atom. The number of hydrogen-bond donors (Lipinski definition) is 0. The number of rotatable bonds is 0. The van der Waals surface area contributed by atoms with E-state index in [1.807, 2.05) is 57.2 Å². The second kappa shape index (κ2) is 16.4. The van der Waals surface area contributed by atoms with Crippen molar-refractivity contribution in [2.75, 3.05) is 0 Å². The van der Waals surface area contributed by atoms with Crippen LogP contribution in [-0.4, -0.2) is 15.0 Å². The van der Waals surface area contributed by atoms with E-state index < -0.39 is 13.5 Å². The minimum atomic E-state index is -1.92. The van der Waals surface area contributed by atoms with Crippen molar-refractivity contribution in [3.63, 3.8) is 0 Å². The summed E-state index contributed by atoms with van der Waals surface area (Å²) >= 11 is -1.92. The van der Waals surface area contributed by atoms with Gasteiger partial charge in [0, 0.05) is 37.2 Å². The Morgan fingerprint density at radius 2 is 0.680 bits per heavy atom. The van der Waals surface area contributed by atoms with Crippen molar-refractivity contribution in [1.82, 2.24) is 15.0 Å². The number of pyridine rings is 3. The molecule has 0 saturated carbocycles. The SMILES string of the molecule is Cc1ccncc1.Cc1ccncc1.Cc1ccncc1.[Cl][Ir]([Cl])[Cl]. The van der Waals surface area contributed by atoms with E-state index in [2.05, 4.69) is 15.0 Å². The molecule has 3 aromatic heterocycles. The number of hydrogen-bond acceptors (Lipinski definition) is 3. The van der Waals surface area contributed by atoms with Gasteiger partial charge in [0.25, 0.3) is 0 Å². The summed E-state index contributed by atoms with van der Waals surface area (Å²) in [4.78, 5) is 11.5. The Kier molecular flexibility index (Phi) is 15.8. The fraction of sp³-hybridized carbons (Fsp3) is 0.167. The molecule has 0 unspecified atom stereocenters. The molecule has 0 atom stereocenters. The molecule has 3 nitrogen and oxygen atoms in total. The van der Waals surface area contributed by atoms with Crippen molar-refractivity contribution in [3.8, 4) is 0 Å². The fourth-order valence-corrected chi connectivity index (χ4v) is 1.28. The summed E-state index contributed by atoms with van der Waals surface area (Å²) in [6, 6.07) is 11.8. The molecule has 3 rings (SSSR count). The molecule has 0 aromatic carbocycles. The van der Waals surface area contributed by atoms with Gasteiger partial charge in [-0.3, -0.25) is 15.0 Å². The standard InChI is InChI=1S/3C6H7N.3ClH.Ir/c3*1-6-2-4-7-5-3-6;;;;/h3*2-5H,1H3;3*1H;/q;;;;;;+3/p-3. The molecular weight excluding hydrogens is 557 g/mol. The zero-order valence-corrected chi connectivity index (χ0v) is 18.9. The van der Waals surface area contributed by atoms with E-state index in [-0.39, 0.29) is 0 Å². The molecule has 0 radical (unpaired) electrons. The summed E-state index contributed by atoms with van der Waals surface area (Å²) in [6.45, 7) is 6.13. The van der Waals surface area contributed by atoms with E-state index in [9.17, 15) is 0 Å². The summed E-state index contributed by atoms with van der Waals surface area (Å²) in [5, 5.41) is 0. The molecule has 0 bridgehead atoms. The van der Waals surface area contributed by atoms with E-state index in [0.717, 1.165) is 0 Å². The van der Waals surface area contributed by atoms with Gasteiger partial charge < -0.3 is 0 Å². The van der Waals surface area contributed by atoms with Crippen LogP contribution >= 0.6 is 28.8 Å². The molecule has 25 heavy (non-hydrogen) atoms. The van der Waals surface area contributed by atoms with Crippen LogP contribution in [0, 0.1) is 20.8 Å². The molecule has 138 valence electrons. The predicted molar refractivity (Wildman–Crippen MR) is 104 cm³/mol. The molecular formula is C18H21Cl3IrN3. The van der Waals surface area contributed by atoms with Gasteiger partial charge in [-0.1, -0.05) is 0 Å². The number of aryl methyl sites for hydroxylation is 3. The summed E-state index contributed by atoms with van der Waals surface area (Å²) in [6.07, 6.45) is 10.7. The Morgan fingerprint density at radius 1 is 0.520 bits per heavy atom. The van der Waals surface area contributed by atoms with Crippen LogP contribution in [0.3, 0.4) is 0 Å². The monoisotopic (exact) mass is 577 g/mol. The zero-order valence-electron chi connectivity index (χ0n) is 14.2. The van der Waals surface area contributed by atoms with Crippen molar-refractivity contribution in [2.24, 2.45) is 0 Å². The van der Waals surface area contributed by atoms with Crippen LogP contribution in [0.5, 0.6) is 0 Å². The topological polar surface area (TPSA) is 38.7 Å². The van der Waals surface area contributed by atoms with E-state index in [1.165, 1.54) is 16.7 Å². The van der Waals surface area contributed by atoms with Crippen LogP contribution in [0.1, 0.15) is 16.7 Å². The molecule has 0 aliphatic carbocycles. The van der Waals surface area contributed by atoms with Gasteiger partial charge in [-0.2, -0.15) is 0 Å². The quantitative estimate of drug-likeness (QED) is 0.318. The second-order valence-corrected chi connectivity index (χ2v) is 15.1. The second-order valence-electron chi connectivity index (χ2n) is 4.72. The molecule has 0 N–H and O–H groups in total. The van der Waals surface area contributed by atoms with Gasteiger partial charge in [-0.15, -0.1) is 0 Å². The predicted octanol–water partition coefficient (Wildman–Crippen LogP) is 6.24. The average molecular weight is 578 g/mol. The van der Waals surface area contributed by atoms with Crippen LogP contribution in [-0.2, 0) is 13.5 Å².